The Hall–Kier alpha value is -3.81. The minimum absolute atomic E-state index is 0.159. The second kappa shape index (κ2) is 8.27. The van der Waals surface area contributed by atoms with Crippen LogP contribution in [0.4, 0.5) is 0 Å². The number of fused-ring (bicyclic) bond motifs is 2. The summed E-state index contributed by atoms with van der Waals surface area (Å²) in [5, 5.41) is 4.70. The number of carbonyl (C=O) groups excluding carboxylic acids is 2. The number of carbonyl (C=O) groups is 2. The van der Waals surface area contributed by atoms with E-state index in [0.717, 1.165) is 17.5 Å². The molecule has 0 aliphatic heterocycles. The van der Waals surface area contributed by atoms with Crippen LogP contribution in [0, 0.1) is 11.8 Å². The summed E-state index contributed by atoms with van der Waals surface area (Å²) in [5.41, 5.74) is 0.415. The van der Waals surface area contributed by atoms with Gasteiger partial charge in [0.05, 0.1) is 25.1 Å². The van der Waals surface area contributed by atoms with E-state index >= 15 is 0 Å². The molecule has 2 unspecified atom stereocenters. The summed E-state index contributed by atoms with van der Waals surface area (Å²) < 4.78 is 11.8. The van der Waals surface area contributed by atoms with Crippen LogP contribution in [-0.4, -0.2) is 41.2 Å². The van der Waals surface area contributed by atoms with E-state index in [9.17, 15) is 14.4 Å². The lowest BCUT2D eigenvalue weighted by Crippen LogP contribution is -2.25. The molecule has 0 bridgehead atoms. The van der Waals surface area contributed by atoms with E-state index < -0.39 is 5.56 Å². The van der Waals surface area contributed by atoms with Crippen molar-refractivity contribution >= 4 is 28.2 Å². The average Bonchev–Trinajstić information content (AvgIpc) is 3.10. The molecule has 2 aliphatic rings. The Morgan fingerprint density at radius 1 is 0.909 bits per heavy atom. The standard InChI is InChI=1S/C25H23N3O5/c1-32-19-12-11-14(13-20(19)33-2)24-26-18-10-6-5-9-17(18)25(31)28(24)27-21-22(29)15-7-3-4-8-16(15)23(21)30/h5-6,9-13,15-16H,3-4,7-8H2,1-2H3. The first kappa shape index (κ1) is 21.1. The van der Waals surface area contributed by atoms with Gasteiger partial charge in [-0.15, -0.1) is 0 Å². The highest BCUT2D eigenvalue weighted by Crippen LogP contribution is 2.37. The zero-order valence-corrected chi connectivity index (χ0v) is 18.4. The van der Waals surface area contributed by atoms with Gasteiger partial charge in [0.25, 0.3) is 5.56 Å². The van der Waals surface area contributed by atoms with Crippen molar-refractivity contribution in [2.75, 3.05) is 14.2 Å². The van der Waals surface area contributed by atoms with E-state index in [1.54, 1.807) is 42.5 Å². The predicted octanol–water partition coefficient (Wildman–Crippen LogP) is 3.24. The summed E-state index contributed by atoms with van der Waals surface area (Å²) in [6.45, 7) is 0. The molecule has 0 radical (unpaired) electrons. The highest BCUT2D eigenvalue weighted by Gasteiger charge is 2.48. The van der Waals surface area contributed by atoms with Gasteiger partial charge >= 0.3 is 0 Å². The molecule has 168 valence electrons. The normalized spacial score (nSPS) is 20.1. The van der Waals surface area contributed by atoms with Crippen LogP contribution in [0.25, 0.3) is 22.3 Å². The zero-order valence-electron chi connectivity index (χ0n) is 18.4. The van der Waals surface area contributed by atoms with Crippen molar-refractivity contribution in [2.24, 2.45) is 16.9 Å². The first-order valence-electron chi connectivity index (χ1n) is 10.9. The van der Waals surface area contributed by atoms with Crippen LogP contribution >= 0.6 is 0 Å². The van der Waals surface area contributed by atoms with E-state index in [0.29, 0.717) is 40.8 Å². The molecule has 0 spiro atoms. The van der Waals surface area contributed by atoms with Crippen LogP contribution in [0.1, 0.15) is 25.7 Å². The maximum atomic E-state index is 13.5. The minimum atomic E-state index is -0.451. The molecule has 1 aromatic heterocycles. The number of hydrogen-bond donors (Lipinski definition) is 0. The van der Waals surface area contributed by atoms with Gasteiger partial charge in [-0.1, -0.05) is 25.0 Å². The number of rotatable bonds is 4. The number of hydrogen-bond acceptors (Lipinski definition) is 7. The molecule has 8 heteroatoms. The summed E-state index contributed by atoms with van der Waals surface area (Å²) in [6, 6.07) is 12.0. The lowest BCUT2D eigenvalue weighted by atomic mass is 9.81. The number of para-hydroxylation sites is 1. The fourth-order valence-corrected chi connectivity index (χ4v) is 4.81. The lowest BCUT2D eigenvalue weighted by Gasteiger charge is -2.20. The summed E-state index contributed by atoms with van der Waals surface area (Å²) in [5.74, 6) is -0.0333. The average molecular weight is 445 g/mol. The third kappa shape index (κ3) is 3.42. The van der Waals surface area contributed by atoms with Gasteiger partial charge in [-0.05, 0) is 43.2 Å². The number of aromatic nitrogens is 2. The number of ether oxygens (including phenoxy) is 2. The topological polar surface area (TPSA) is 99.9 Å². The van der Waals surface area contributed by atoms with Gasteiger partial charge in [0.15, 0.2) is 34.6 Å². The molecule has 2 saturated carbocycles. The van der Waals surface area contributed by atoms with Crippen molar-refractivity contribution in [2.45, 2.75) is 25.7 Å². The first-order valence-corrected chi connectivity index (χ1v) is 10.9. The van der Waals surface area contributed by atoms with Crippen molar-refractivity contribution in [3.05, 3.63) is 52.8 Å². The molecule has 2 aromatic carbocycles. The fourth-order valence-electron chi connectivity index (χ4n) is 4.81. The molecular weight excluding hydrogens is 422 g/mol. The second-order valence-electron chi connectivity index (χ2n) is 8.31. The predicted molar refractivity (Wildman–Crippen MR) is 123 cm³/mol. The van der Waals surface area contributed by atoms with Crippen LogP contribution in [0.2, 0.25) is 0 Å². The van der Waals surface area contributed by atoms with Crippen LogP contribution in [0.15, 0.2) is 52.4 Å². The Bertz CT molecular complexity index is 1350. The molecule has 33 heavy (non-hydrogen) atoms. The first-order chi connectivity index (χ1) is 16.0. The van der Waals surface area contributed by atoms with E-state index in [-0.39, 0.29) is 34.9 Å². The summed E-state index contributed by atoms with van der Waals surface area (Å²) in [7, 11) is 3.05. The number of Topliss-reactive ketones (excluding diaryl/α,β-unsaturated/α-hetero) is 2. The van der Waals surface area contributed by atoms with Crippen LogP contribution in [0.3, 0.4) is 0 Å². The van der Waals surface area contributed by atoms with Gasteiger partial charge in [-0.2, -0.15) is 9.78 Å². The largest absolute Gasteiger partial charge is 0.493 e. The minimum Gasteiger partial charge on any atom is -0.493 e. The van der Waals surface area contributed by atoms with Crippen molar-refractivity contribution in [1.82, 2.24) is 9.66 Å². The second-order valence-corrected chi connectivity index (χ2v) is 8.31. The van der Waals surface area contributed by atoms with E-state index in [1.807, 2.05) is 0 Å². The molecule has 8 nitrogen and oxygen atoms in total. The lowest BCUT2D eigenvalue weighted by molar-refractivity contribution is -0.120. The van der Waals surface area contributed by atoms with Crippen molar-refractivity contribution in [1.29, 1.82) is 0 Å². The van der Waals surface area contributed by atoms with E-state index in [4.69, 9.17) is 9.47 Å². The summed E-state index contributed by atoms with van der Waals surface area (Å²) in [4.78, 5) is 44.2. The van der Waals surface area contributed by atoms with Gasteiger partial charge < -0.3 is 9.47 Å². The molecule has 2 aliphatic carbocycles. The Balaban J connectivity index is 1.74. The smallest absolute Gasteiger partial charge is 0.282 e. The molecule has 2 atom stereocenters. The van der Waals surface area contributed by atoms with Crippen molar-refractivity contribution in [3.63, 3.8) is 0 Å². The number of methoxy groups -OCH3 is 2. The van der Waals surface area contributed by atoms with Gasteiger partial charge in [0, 0.05) is 17.4 Å². The molecular formula is C25H23N3O5. The highest BCUT2D eigenvalue weighted by molar-refractivity contribution is 6.70. The van der Waals surface area contributed by atoms with E-state index in [2.05, 4.69) is 10.1 Å². The number of benzene rings is 2. The number of nitrogens with zero attached hydrogens (tertiary/aromatic N) is 3. The Kier molecular flexibility index (Phi) is 5.28. The molecule has 2 fully saturated rings. The maximum Gasteiger partial charge on any atom is 0.282 e. The molecule has 0 saturated heterocycles. The van der Waals surface area contributed by atoms with Gasteiger partial charge in [0.2, 0.25) is 0 Å². The van der Waals surface area contributed by atoms with Gasteiger partial charge in [0.1, 0.15) is 0 Å². The van der Waals surface area contributed by atoms with Crippen LogP contribution in [-0.2, 0) is 9.59 Å². The third-order valence-corrected chi connectivity index (χ3v) is 6.50. The van der Waals surface area contributed by atoms with Crippen molar-refractivity contribution < 1.29 is 19.1 Å². The number of ketones is 2. The molecule has 0 amide bonds. The molecule has 0 N–H and O–H groups in total. The summed E-state index contributed by atoms with van der Waals surface area (Å²) >= 11 is 0. The Morgan fingerprint density at radius 3 is 2.24 bits per heavy atom. The van der Waals surface area contributed by atoms with Crippen LogP contribution in [0.5, 0.6) is 11.5 Å². The van der Waals surface area contributed by atoms with Gasteiger partial charge in [-0.3, -0.25) is 14.4 Å². The Labute approximate surface area is 189 Å². The third-order valence-electron chi connectivity index (χ3n) is 6.50. The fraction of sp³-hybridized carbons (Fsp3) is 0.320. The quantitative estimate of drug-likeness (QED) is 0.611. The van der Waals surface area contributed by atoms with Gasteiger partial charge in [-0.25, -0.2) is 4.98 Å². The highest BCUT2D eigenvalue weighted by atomic mass is 16.5. The van der Waals surface area contributed by atoms with Crippen molar-refractivity contribution in [3.8, 4) is 22.9 Å². The zero-order chi connectivity index (χ0) is 23.1. The molecule has 5 rings (SSSR count). The molecule has 1 heterocycles. The Morgan fingerprint density at radius 2 is 1.58 bits per heavy atom. The molecule has 3 aromatic rings. The maximum absolute atomic E-state index is 13.5. The van der Waals surface area contributed by atoms with E-state index in [1.165, 1.54) is 14.2 Å². The SMILES string of the molecule is COc1ccc(-c2nc3ccccc3c(=O)n2N=C2C(=O)C3CCCCC3C2=O)cc1OC. The summed E-state index contributed by atoms with van der Waals surface area (Å²) in [6.07, 6.45) is 3.20. The van der Waals surface area contributed by atoms with Crippen LogP contribution < -0.4 is 15.0 Å². The monoisotopic (exact) mass is 445 g/mol.